The molecule has 36 heavy (non-hydrogen) atoms. The number of carbonyl (C=O) groups excluding carboxylic acids is 1. The molecule has 1 amide bonds. The van der Waals surface area contributed by atoms with Gasteiger partial charge in [0.25, 0.3) is 5.91 Å². The summed E-state index contributed by atoms with van der Waals surface area (Å²) in [7, 11) is 0. The van der Waals surface area contributed by atoms with E-state index in [1.54, 1.807) is 4.68 Å². The Kier molecular flexibility index (Phi) is 7.25. The van der Waals surface area contributed by atoms with Gasteiger partial charge in [-0.25, -0.2) is 4.68 Å². The fourth-order valence-corrected chi connectivity index (χ4v) is 3.78. The molecule has 1 aromatic heterocycles. The molecule has 1 N–H and O–H groups in total. The van der Waals surface area contributed by atoms with Crippen LogP contribution in [0.15, 0.2) is 72.8 Å². The van der Waals surface area contributed by atoms with Crippen molar-refractivity contribution in [3.05, 3.63) is 89.5 Å². The molecule has 0 saturated heterocycles. The summed E-state index contributed by atoms with van der Waals surface area (Å²) in [6.07, 6.45) is 0. The third-order valence-electron chi connectivity index (χ3n) is 5.90. The normalized spacial score (nSPS) is 11.5. The van der Waals surface area contributed by atoms with Crippen molar-refractivity contribution in [1.82, 2.24) is 14.8 Å². The quantitative estimate of drug-likeness (QED) is 0.313. The molecule has 3 aromatic carbocycles. The van der Waals surface area contributed by atoms with Crippen molar-refractivity contribution in [2.45, 2.75) is 47.0 Å². The predicted molar refractivity (Wildman–Crippen MR) is 145 cm³/mol. The smallest absolute Gasteiger partial charge is 0.336 e. The van der Waals surface area contributed by atoms with E-state index in [4.69, 9.17) is 4.74 Å². The van der Waals surface area contributed by atoms with E-state index in [1.807, 2.05) is 66.7 Å². The van der Waals surface area contributed by atoms with Crippen LogP contribution in [-0.4, -0.2) is 27.3 Å². The highest BCUT2D eigenvalue weighted by molar-refractivity contribution is 6.04. The lowest BCUT2D eigenvalue weighted by Crippen LogP contribution is -2.14. The van der Waals surface area contributed by atoms with E-state index in [9.17, 15) is 4.79 Å². The van der Waals surface area contributed by atoms with Crippen molar-refractivity contribution in [2.75, 3.05) is 11.9 Å². The number of carbonyl (C=O) groups is 1. The van der Waals surface area contributed by atoms with Gasteiger partial charge < -0.3 is 10.1 Å². The monoisotopic (exact) mass is 482 g/mol. The molecule has 0 spiro atoms. The molecule has 0 saturated carbocycles. The first kappa shape index (κ1) is 25.2. The van der Waals surface area contributed by atoms with Crippen molar-refractivity contribution < 1.29 is 9.53 Å². The van der Waals surface area contributed by atoms with E-state index in [2.05, 4.69) is 63.0 Å². The van der Waals surface area contributed by atoms with Crippen LogP contribution in [0, 0.1) is 12.8 Å². The minimum atomic E-state index is -0.145. The topological polar surface area (TPSA) is 69.0 Å². The Morgan fingerprint density at radius 2 is 1.64 bits per heavy atom. The summed E-state index contributed by atoms with van der Waals surface area (Å²) in [6.45, 7) is 13.2. The van der Waals surface area contributed by atoms with Gasteiger partial charge in [0.2, 0.25) is 0 Å². The molecule has 0 aliphatic carbocycles. The summed E-state index contributed by atoms with van der Waals surface area (Å²) in [5.74, 6) is 0.933. The molecule has 4 rings (SSSR count). The van der Waals surface area contributed by atoms with Crippen LogP contribution in [0.5, 0.6) is 6.01 Å². The lowest BCUT2D eigenvalue weighted by molar-refractivity contribution is 0.102. The zero-order chi connectivity index (χ0) is 25.9. The van der Waals surface area contributed by atoms with E-state index >= 15 is 0 Å². The molecule has 0 unspecified atom stereocenters. The predicted octanol–water partition coefficient (Wildman–Crippen LogP) is 6.83. The number of benzene rings is 3. The molecule has 1 heterocycles. The van der Waals surface area contributed by atoms with Crippen LogP contribution in [0.1, 0.15) is 56.1 Å². The molecule has 4 aromatic rings. The van der Waals surface area contributed by atoms with Gasteiger partial charge in [0.1, 0.15) is 0 Å². The Morgan fingerprint density at radius 1 is 0.972 bits per heavy atom. The highest BCUT2D eigenvalue weighted by Gasteiger charge is 2.17. The minimum Gasteiger partial charge on any atom is -0.462 e. The number of rotatable bonds is 7. The molecule has 0 aliphatic heterocycles. The van der Waals surface area contributed by atoms with Crippen molar-refractivity contribution in [1.29, 1.82) is 0 Å². The Morgan fingerprint density at radius 3 is 2.25 bits per heavy atom. The lowest BCUT2D eigenvalue weighted by atomic mass is 9.87. The molecule has 0 radical (unpaired) electrons. The molecular formula is C30H34N4O2. The van der Waals surface area contributed by atoms with Gasteiger partial charge in [-0.3, -0.25) is 4.79 Å². The summed E-state index contributed by atoms with van der Waals surface area (Å²) < 4.78 is 7.61. The van der Waals surface area contributed by atoms with Crippen molar-refractivity contribution >= 4 is 11.6 Å². The first-order valence-electron chi connectivity index (χ1n) is 12.3. The summed E-state index contributed by atoms with van der Waals surface area (Å²) in [5.41, 5.74) is 5.48. The molecule has 0 aliphatic rings. The van der Waals surface area contributed by atoms with Crippen LogP contribution in [0.25, 0.3) is 17.1 Å². The summed E-state index contributed by atoms with van der Waals surface area (Å²) in [5, 5.41) is 7.61. The van der Waals surface area contributed by atoms with Gasteiger partial charge in [-0.05, 0) is 65.8 Å². The highest BCUT2D eigenvalue weighted by atomic mass is 16.5. The van der Waals surface area contributed by atoms with Gasteiger partial charge in [-0.2, -0.15) is 4.98 Å². The lowest BCUT2D eigenvalue weighted by Gasteiger charge is -2.19. The Bertz CT molecular complexity index is 1330. The number of ether oxygens (including phenoxy) is 1. The second-order valence-corrected chi connectivity index (χ2v) is 10.5. The zero-order valence-electron chi connectivity index (χ0n) is 21.9. The molecule has 0 bridgehead atoms. The van der Waals surface area contributed by atoms with Crippen LogP contribution >= 0.6 is 0 Å². The fourth-order valence-electron chi connectivity index (χ4n) is 3.78. The molecule has 6 nitrogen and oxygen atoms in total. The molecule has 186 valence electrons. The Balaban J connectivity index is 1.57. The van der Waals surface area contributed by atoms with Crippen molar-refractivity contribution in [3.8, 4) is 23.1 Å². The van der Waals surface area contributed by atoms with E-state index in [0.717, 1.165) is 16.8 Å². The second-order valence-electron chi connectivity index (χ2n) is 10.5. The van der Waals surface area contributed by atoms with Crippen LogP contribution < -0.4 is 10.1 Å². The number of aryl methyl sites for hydroxylation is 1. The van der Waals surface area contributed by atoms with E-state index in [0.29, 0.717) is 35.6 Å². The van der Waals surface area contributed by atoms with Gasteiger partial charge in [0.15, 0.2) is 5.82 Å². The Labute approximate surface area is 213 Å². The Hall–Kier alpha value is -3.93. The maximum atomic E-state index is 12.8. The van der Waals surface area contributed by atoms with Gasteiger partial charge in [0, 0.05) is 16.8 Å². The van der Waals surface area contributed by atoms with Gasteiger partial charge >= 0.3 is 6.01 Å². The summed E-state index contributed by atoms with van der Waals surface area (Å²) in [6, 6.07) is 23.7. The molecule has 0 atom stereocenters. The largest absolute Gasteiger partial charge is 0.462 e. The fraction of sp³-hybridized carbons (Fsp3) is 0.300. The van der Waals surface area contributed by atoms with Crippen molar-refractivity contribution in [3.63, 3.8) is 0 Å². The first-order chi connectivity index (χ1) is 17.1. The molecule has 0 fully saturated rings. The SMILES string of the molecule is Cc1ccccc1-c1nc(OCC(C)C)nn1-c1ccc(NC(=O)c2ccc(C(C)(C)C)cc2)cc1. The number of hydrogen-bond donors (Lipinski definition) is 1. The van der Waals surface area contributed by atoms with Crippen LogP contribution in [0.3, 0.4) is 0 Å². The highest BCUT2D eigenvalue weighted by Crippen LogP contribution is 2.27. The van der Waals surface area contributed by atoms with E-state index in [-0.39, 0.29) is 11.3 Å². The number of aromatic nitrogens is 3. The molecule has 6 heteroatoms. The third-order valence-corrected chi connectivity index (χ3v) is 5.90. The van der Waals surface area contributed by atoms with Crippen molar-refractivity contribution in [2.24, 2.45) is 5.92 Å². The zero-order valence-corrected chi connectivity index (χ0v) is 21.9. The van der Waals surface area contributed by atoms with Gasteiger partial charge in [-0.15, -0.1) is 5.10 Å². The van der Waals surface area contributed by atoms with Gasteiger partial charge in [-0.1, -0.05) is 71.0 Å². The van der Waals surface area contributed by atoms with Crippen LogP contribution in [0.2, 0.25) is 0 Å². The van der Waals surface area contributed by atoms with Gasteiger partial charge in [0.05, 0.1) is 12.3 Å². The summed E-state index contributed by atoms with van der Waals surface area (Å²) >= 11 is 0. The second kappa shape index (κ2) is 10.4. The average Bonchev–Trinajstić information content (AvgIpc) is 3.27. The van der Waals surface area contributed by atoms with Crippen LogP contribution in [-0.2, 0) is 5.41 Å². The van der Waals surface area contributed by atoms with Crippen LogP contribution in [0.4, 0.5) is 5.69 Å². The number of hydrogen-bond acceptors (Lipinski definition) is 4. The number of anilines is 1. The number of nitrogens with zero attached hydrogens (tertiary/aromatic N) is 3. The van der Waals surface area contributed by atoms with E-state index < -0.39 is 0 Å². The maximum absolute atomic E-state index is 12.8. The molecular weight excluding hydrogens is 448 g/mol. The third kappa shape index (κ3) is 5.82. The first-order valence-corrected chi connectivity index (χ1v) is 12.3. The van der Waals surface area contributed by atoms with E-state index in [1.165, 1.54) is 5.56 Å². The average molecular weight is 483 g/mol. The maximum Gasteiger partial charge on any atom is 0.336 e. The number of nitrogens with one attached hydrogen (secondary N) is 1. The minimum absolute atomic E-state index is 0.0447. The number of amides is 1. The standard InChI is InChI=1S/C30H34N4O2/c1-20(2)19-36-29-32-27(26-10-8-7-9-21(26)3)34(33-29)25-17-15-24(16-18-25)31-28(35)22-11-13-23(14-12-22)30(4,5)6/h7-18,20H,19H2,1-6H3,(H,31,35). The summed E-state index contributed by atoms with van der Waals surface area (Å²) in [4.78, 5) is 17.5.